The van der Waals surface area contributed by atoms with Gasteiger partial charge in [0.05, 0.1) is 4.47 Å². The van der Waals surface area contributed by atoms with Gasteiger partial charge >= 0.3 is 6.01 Å². The molecule has 1 aromatic heterocycles. The fraction of sp³-hybridized carbons (Fsp3) is 0.692. The average Bonchev–Trinajstić information content (AvgIpc) is 2.35. The Morgan fingerprint density at radius 2 is 1.74 bits per heavy atom. The van der Waals surface area contributed by atoms with Crippen molar-refractivity contribution >= 4 is 28.3 Å². The van der Waals surface area contributed by atoms with Crippen molar-refractivity contribution in [2.75, 3.05) is 19.6 Å². The molecule has 1 saturated carbocycles. The summed E-state index contributed by atoms with van der Waals surface area (Å²) >= 11 is 3.35. The lowest BCUT2D eigenvalue weighted by molar-refractivity contribution is -0.101. The summed E-state index contributed by atoms with van der Waals surface area (Å²) in [5, 5.41) is 0. The summed E-state index contributed by atoms with van der Waals surface area (Å²) in [5.74, 6) is 2.28. The molecule has 0 aromatic carbocycles. The van der Waals surface area contributed by atoms with Crippen LogP contribution >= 0.6 is 28.3 Å². The number of hydrogen-bond donors (Lipinski definition) is 0. The molecule has 6 heteroatoms. The van der Waals surface area contributed by atoms with Crippen molar-refractivity contribution in [3.63, 3.8) is 0 Å². The van der Waals surface area contributed by atoms with Crippen LogP contribution in [0.15, 0.2) is 16.9 Å². The smallest absolute Gasteiger partial charge is 0.316 e. The van der Waals surface area contributed by atoms with E-state index in [0.29, 0.717) is 24.0 Å². The van der Waals surface area contributed by atoms with E-state index in [9.17, 15) is 0 Å². The predicted molar refractivity (Wildman–Crippen MR) is 77.5 cm³/mol. The fourth-order valence-corrected chi connectivity index (χ4v) is 4.24. The molecule has 0 amide bonds. The van der Waals surface area contributed by atoms with Crippen LogP contribution in [-0.4, -0.2) is 40.6 Å². The van der Waals surface area contributed by atoms with Gasteiger partial charge in [-0.2, -0.15) is 0 Å². The first-order chi connectivity index (χ1) is 8.78. The summed E-state index contributed by atoms with van der Waals surface area (Å²) in [6.07, 6.45) is 6.49. The van der Waals surface area contributed by atoms with Gasteiger partial charge in [0, 0.05) is 43.9 Å². The Kier molecular flexibility index (Phi) is 3.71. The van der Waals surface area contributed by atoms with Crippen LogP contribution in [0.5, 0.6) is 6.01 Å². The second-order valence-corrected chi connectivity index (χ2v) is 6.76. The van der Waals surface area contributed by atoms with E-state index in [4.69, 9.17) is 4.74 Å². The SMILES string of the molecule is Brc1cnc(OC2[C@H]3CC4C[C@H]2CN(C4)C3)nc1.Cl. The lowest BCUT2D eigenvalue weighted by Gasteiger charge is -2.55. The first-order valence-electron chi connectivity index (χ1n) is 6.64. The van der Waals surface area contributed by atoms with Gasteiger partial charge < -0.3 is 9.64 Å². The van der Waals surface area contributed by atoms with Gasteiger partial charge in [0.2, 0.25) is 0 Å². The molecule has 4 aliphatic rings. The molecule has 0 N–H and O–H groups in total. The standard InChI is InChI=1S/C13H16BrN3O.ClH/c14-11-3-15-13(16-4-11)18-12-9-1-8-2-10(12)7-17(5-8)6-9;/h3-4,8-10,12H,1-2,5-7H2;1H/t8?,9-,10-,12?;/m0./s1. The number of rotatable bonds is 2. The van der Waals surface area contributed by atoms with Crippen LogP contribution < -0.4 is 4.74 Å². The van der Waals surface area contributed by atoms with Crippen LogP contribution in [0.25, 0.3) is 0 Å². The van der Waals surface area contributed by atoms with Gasteiger partial charge in [-0.3, -0.25) is 0 Å². The van der Waals surface area contributed by atoms with Crippen LogP contribution in [0.3, 0.4) is 0 Å². The molecular weight excluding hydrogens is 330 g/mol. The molecule has 0 radical (unpaired) electrons. The Morgan fingerprint density at radius 1 is 1.11 bits per heavy atom. The second-order valence-electron chi connectivity index (χ2n) is 5.84. The largest absolute Gasteiger partial charge is 0.459 e. The summed E-state index contributed by atoms with van der Waals surface area (Å²) in [7, 11) is 0. The van der Waals surface area contributed by atoms with E-state index in [2.05, 4.69) is 30.8 Å². The first kappa shape index (κ1) is 13.6. The molecule has 0 spiro atoms. The number of ether oxygens (including phenoxy) is 1. The highest BCUT2D eigenvalue weighted by Gasteiger charge is 2.48. The minimum absolute atomic E-state index is 0. The van der Waals surface area contributed by atoms with Gasteiger partial charge in [-0.05, 0) is 34.7 Å². The zero-order chi connectivity index (χ0) is 12.1. The highest BCUT2D eigenvalue weighted by atomic mass is 79.9. The van der Waals surface area contributed by atoms with E-state index < -0.39 is 0 Å². The topological polar surface area (TPSA) is 38.2 Å². The minimum atomic E-state index is 0. The molecule has 4 bridgehead atoms. The highest BCUT2D eigenvalue weighted by Crippen LogP contribution is 2.44. The summed E-state index contributed by atoms with van der Waals surface area (Å²) in [5.41, 5.74) is 0. The summed E-state index contributed by atoms with van der Waals surface area (Å²) in [4.78, 5) is 11.1. The average molecular weight is 347 g/mol. The van der Waals surface area contributed by atoms with Gasteiger partial charge in [-0.15, -0.1) is 12.4 Å². The number of aromatic nitrogens is 2. The molecule has 0 unspecified atom stereocenters. The first-order valence-corrected chi connectivity index (χ1v) is 7.44. The third kappa shape index (κ3) is 2.48. The highest BCUT2D eigenvalue weighted by molar-refractivity contribution is 9.10. The van der Waals surface area contributed by atoms with E-state index in [1.807, 2.05) is 0 Å². The zero-order valence-electron chi connectivity index (χ0n) is 10.5. The second kappa shape index (κ2) is 5.19. The Bertz CT molecular complexity index is 428. The van der Waals surface area contributed by atoms with Gasteiger partial charge in [-0.25, -0.2) is 9.97 Å². The Hall–Kier alpha value is -0.390. The molecular formula is C13H17BrClN3O. The molecule has 4 nitrogen and oxygen atoms in total. The maximum Gasteiger partial charge on any atom is 0.316 e. The van der Waals surface area contributed by atoms with Crippen molar-refractivity contribution in [3.05, 3.63) is 16.9 Å². The number of piperidine rings is 3. The molecule has 2 atom stereocenters. The zero-order valence-corrected chi connectivity index (χ0v) is 12.9. The lowest BCUT2D eigenvalue weighted by atomic mass is 9.66. The molecule has 4 heterocycles. The predicted octanol–water partition coefficient (Wildman–Crippen LogP) is 2.38. The molecule has 104 valence electrons. The van der Waals surface area contributed by atoms with Gasteiger partial charge in [0.15, 0.2) is 0 Å². The Balaban J connectivity index is 0.00000110. The summed E-state index contributed by atoms with van der Waals surface area (Å²) in [6, 6.07) is 0.533. The summed E-state index contributed by atoms with van der Waals surface area (Å²) < 4.78 is 6.97. The third-order valence-corrected chi connectivity index (χ3v) is 4.95. The van der Waals surface area contributed by atoms with Crippen molar-refractivity contribution < 1.29 is 4.74 Å². The number of nitrogens with zero attached hydrogens (tertiary/aromatic N) is 3. The van der Waals surface area contributed by atoms with Gasteiger partial charge in [0.1, 0.15) is 6.10 Å². The van der Waals surface area contributed by atoms with E-state index in [1.54, 1.807) is 12.4 Å². The van der Waals surface area contributed by atoms with Crippen molar-refractivity contribution in [2.24, 2.45) is 17.8 Å². The van der Waals surface area contributed by atoms with Crippen LogP contribution in [-0.2, 0) is 0 Å². The van der Waals surface area contributed by atoms with Crippen LogP contribution in [0, 0.1) is 17.8 Å². The van der Waals surface area contributed by atoms with Crippen LogP contribution in [0.2, 0.25) is 0 Å². The van der Waals surface area contributed by atoms with Crippen LogP contribution in [0.1, 0.15) is 12.8 Å². The maximum atomic E-state index is 6.08. The van der Waals surface area contributed by atoms with Crippen molar-refractivity contribution in [1.29, 1.82) is 0 Å². The molecule has 1 aliphatic carbocycles. The monoisotopic (exact) mass is 345 g/mol. The normalized spacial score (nSPS) is 38.9. The summed E-state index contributed by atoms with van der Waals surface area (Å²) in [6.45, 7) is 3.72. The number of halogens is 2. The van der Waals surface area contributed by atoms with Crippen LogP contribution in [0.4, 0.5) is 0 Å². The minimum Gasteiger partial charge on any atom is -0.459 e. The quantitative estimate of drug-likeness (QED) is 0.824. The fourth-order valence-electron chi connectivity index (χ4n) is 4.04. The van der Waals surface area contributed by atoms with E-state index in [1.165, 1.54) is 32.5 Å². The number of hydrogen-bond acceptors (Lipinski definition) is 4. The van der Waals surface area contributed by atoms with E-state index in [0.717, 1.165) is 10.4 Å². The van der Waals surface area contributed by atoms with Crippen molar-refractivity contribution in [1.82, 2.24) is 14.9 Å². The Morgan fingerprint density at radius 3 is 2.32 bits per heavy atom. The van der Waals surface area contributed by atoms with Gasteiger partial charge in [0.25, 0.3) is 0 Å². The van der Waals surface area contributed by atoms with E-state index in [-0.39, 0.29) is 12.4 Å². The van der Waals surface area contributed by atoms with Gasteiger partial charge in [-0.1, -0.05) is 0 Å². The Labute approximate surface area is 127 Å². The molecule has 4 fully saturated rings. The third-order valence-electron chi connectivity index (χ3n) is 4.54. The molecule has 5 rings (SSSR count). The van der Waals surface area contributed by atoms with Crippen molar-refractivity contribution in [2.45, 2.75) is 18.9 Å². The molecule has 3 saturated heterocycles. The lowest BCUT2D eigenvalue weighted by Crippen LogP contribution is -2.61. The molecule has 19 heavy (non-hydrogen) atoms. The molecule has 3 aliphatic heterocycles. The van der Waals surface area contributed by atoms with Crippen molar-refractivity contribution in [3.8, 4) is 6.01 Å². The molecule has 1 aromatic rings. The maximum absolute atomic E-state index is 6.08. The van der Waals surface area contributed by atoms with E-state index >= 15 is 0 Å².